The third-order valence-corrected chi connectivity index (χ3v) is 2.76. The van der Waals surface area contributed by atoms with Crippen molar-refractivity contribution in [3.8, 4) is 0 Å². The molecule has 0 heterocycles. The van der Waals surface area contributed by atoms with E-state index >= 15 is 0 Å². The normalized spacial score (nSPS) is 14.2. The summed E-state index contributed by atoms with van der Waals surface area (Å²) in [6.07, 6.45) is 0.931. The van der Waals surface area contributed by atoms with Crippen molar-refractivity contribution in [3.05, 3.63) is 34.9 Å². The van der Waals surface area contributed by atoms with Crippen LogP contribution in [-0.4, -0.2) is 11.1 Å². The second kappa shape index (κ2) is 3.42. The highest BCUT2D eigenvalue weighted by atomic mass is 16.4. The van der Waals surface area contributed by atoms with Gasteiger partial charge in [0.25, 0.3) is 0 Å². The number of nitrogen functional groups attached to an aromatic ring is 1. The Kier molecular flexibility index (Phi) is 2.23. The van der Waals surface area contributed by atoms with Crippen LogP contribution in [0, 0.1) is 0 Å². The lowest BCUT2D eigenvalue weighted by Gasteiger charge is -2.04. The number of carboxylic acid groups (broad SMARTS) is 1. The fourth-order valence-electron chi connectivity index (χ4n) is 2.05. The van der Waals surface area contributed by atoms with Crippen LogP contribution in [0.1, 0.15) is 24.5 Å². The predicted octanol–water partition coefficient (Wildman–Crippen LogP) is 2.07. The van der Waals surface area contributed by atoms with Gasteiger partial charge >= 0.3 is 5.97 Å². The Morgan fingerprint density at radius 2 is 2.27 bits per heavy atom. The summed E-state index contributed by atoms with van der Waals surface area (Å²) < 4.78 is 0. The molecule has 1 aromatic rings. The second-order valence-electron chi connectivity index (χ2n) is 3.92. The minimum atomic E-state index is -0.792. The maximum atomic E-state index is 10.7. The molecule has 2 rings (SSSR count). The van der Waals surface area contributed by atoms with E-state index in [0.717, 1.165) is 23.1 Å². The number of aliphatic carboxylic acids is 1. The fourth-order valence-corrected chi connectivity index (χ4v) is 2.05. The Bertz CT molecular complexity index is 461. The van der Waals surface area contributed by atoms with Gasteiger partial charge in [-0.3, -0.25) is 4.79 Å². The van der Waals surface area contributed by atoms with Gasteiger partial charge < -0.3 is 10.8 Å². The van der Waals surface area contributed by atoms with E-state index in [1.54, 1.807) is 0 Å². The molecule has 0 aromatic heterocycles. The van der Waals surface area contributed by atoms with Gasteiger partial charge in [-0.1, -0.05) is 11.6 Å². The van der Waals surface area contributed by atoms with E-state index in [9.17, 15) is 4.79 Å². The van der Waals surface area contributed by atoms with E-state index in [1.165, 1.54) is 5.56 Å². The highest BCUT2D eigenvalue weighted by molar-refractivity contribution is 5.89. The zero-order valence-electron chi connectivity index (χ0n) is 8.58. The first-order valence-corrected chi connectivity index (χ1v) is 4.87. The molecule has 0 atom stereocenters. The average molecular weight is 203 g/mol. The highest BCUT2D eigenvalue weighted by Crippen LogP contribution is 2.35. The quantitative estimate of drug-likeness (QED) is 0.723. The van der Waals surface area contributed by atoms with E-state index < -0.39 is 5.97 Å². The number of fused-ring (bicyclic) bond motifs is 1. The Hall–Kier alpha value is -1.77. The van der Waals surface area contributed by atoms with Gasteiger partial charge in [-0.15, -0.1) is 0 Å². The zero-order valence-corrected chi connectivity index (χ0v) is 8.58. The number of rotatable bonds is 2. The van der Waals surface area contributed by atoms with Crippen LogP contribution >= 0.6 is 0 Å². The summed E-state index contributed by atoms with van der Waals surface area (Å²) in [5, 5.41) is 8.82. The van der Waals surface area contributed by atoms with Crippen LogP contribution in [0.4, 0.5) is 5.69 Å². The first kappa shape index (κ1) is 9.77. The van der Waals surface area contributed by atoms with Crippen LogP contribution in [-0.2, 0) is 11.2 Å². The Balaban J connectivity index is 2.45. The summed E-state index contributed by atoms with van der Waals surface area (Å²) in [4.78, 5) is 10.7. The Labute approximate surface area is 88.2 Å². The minimum Gasteiger partial charge on any atom is -0.481 e. The molecule has 0 amide bonds. The smallest absolute Gasteiger partial charge is 0.307 e. The molecule has 78 valence electrons. The maximum absolute atomic E-state index is 10.7. The van der Waals surface area contributed by atoms with Crippen molar-refractivity contribution in [2.75, 3.05) is 5.73 Å². The zero-order chi connectivity index (χ0) is 11.0. The lowest BCUT2D eigenvalue weighted by molar-refractivity contribution is -0.135. The topological polar surface area (TPSA) is 63.3 Å². The van der Waals surface area contributed by atoms with Gasteiger partial charge in [0.15, 0.2) is 0 Å². The van der Waals surface area contributed by atoms with Gasteiger partial charge in [-0.2, -0.15) is 0 Å². The van der Waals surface area contributed by atoms with Gasteiger partial charge in [0.1, 0.15) is 0 Å². The molecular weight excluding hydrogens is 190 g/mol. The van der Waals surface area contributed by atoms with Crippen molar-refractivity contribution < 1.29 is 9.90 Å². The maximum Gasteiger partial charge on any atom is 0.307 e. The third kappa shape index (κ3) is 1.73. The molecule has 0 unspecified atom stereocenters. The number of nitrogens with two attached hydrogens (primary N) is 1. The summed E-state index contributed by atoms with van der Waals surface area (Å²) >= 11 is 0. The first-order valence-electron chi connectivity index (χ1n) is 4.87. The number of allylic oxidation sites excluding steroid dienone is 1. The van der Waals surface area contributed by atoms with Crippen molar-refractivity contribution in [1.82, 2.24) is 0 Å². The number of carboxylic acids is 1. The molecule has 3 heteroatoms. The predicted molar refractivity (Wildman–Crippen MR) is 59.4 cm³/mol. The fraction of sp³-hybridized carbons (Fsp3) is 0.250. The molecule has 1 aliphatic carbocycles. The van der Waals surface area contributed by atoms with Crippen molar-refractivity contribution >= 4 is 17.2 Å². The van der Waals surface area contributed by atoms with E-state index in [-0.39, 0.29) is 6.42 Å². The molecule has 0 fully saturated rings. The van der Waals surface area contributed by atoms with Crippen molar-refractivity contribution in [2.24, 2.45) is 0 Å². The number of hydrogen-bond donors (Lipinski definition) is 2. The van der Waals surface area contributed by atoms with Crippen LogP contribution < -0.4 is 5.73 Å². The number of benzene rings is 1. The number of anilines is 1. The van der Waals surface area contributed by atoms with Gasteiger partial charge in [0.05, 0.1) is 6.42 Å². The summed E-state index contributed by atoms with van der Waals surface area (Å²) in [5.74, 6) is -0.792. The Morgan fingerprint density at radius 1 is 1.53 bits per heavy atom. The summed E-state index contributed by atoms with van der Waals surface area (Å²) in [6, 6.07) is 5.70. The SMILES string of the molecule is CC1=C(CC(=O)O)c2cc(N)ccc2C1. The molecule has 15 heavy (non-hydrogen) atoms. The molecular formula is C12H13NO2. The molecule has 0 bridgehead atoms. The first-order chi connectivity index (χ1) is 7.08. The second-order valence-corrected chi connectivity index (χ2v) is 3.92. The van der Waals surface area contributed by atoms with Gasteiger partial charge in [-0.25, -0.2) is 0 Å². The molecule has 3 N–H and O–H groups in total. The lowest BCUT2D eigenvalue weighted by Crippen LogP contribution is -1.97. The van der Waals surface area contributed by atoms with E-state index in [2.05, 4.69) is 0 Å². The molecule has 0 saturated carbocycles. The van der Waals surface area contributed by atoms with Crippen LogP contribution in [0.5, 0.6) is 0 Å². The van der Waals surface area contributed by atoms with E-state index in [0.29, 0.717) is 5.69 Å². The number of carbonyl (C=O) groups is 1. The summed E-state index contributed by atoms with van der Waals surface area (Å²) in [7, 11) is 0. The van der Waals surface area contributed by atoms with Crippen LogP contribution in [0.15, 0.2) is 23.8 Å². The van der Waals surface area contributed by atoms with Crippen molar-refractivity contribution in [2.45, 2.75) is 19.8 Å². The van der Waals surface area contributed by atoms with Crippen LogP contribution in [0.2, 0.25) is 0 Å². The lowest BCUT2D eigenvalue weighted by atomic mass is 10.0. The molecule has 1 aliphatic rings. The van der Waals surface area contributed by atoms with Crippen LogP contribution in [0.25, 0.3) is 5.57 Å². The van der Waals surface area contributed by atoms with Crippen LogP contribution in [0.3, 0.4) is 0 Å². The molecule has 1 aromatic carbocycles. The van der Waals surface area contributed by atoms with E-state index in [1.807, 2.05) is 25.1 Å². The number of hydrogen-bond acceptors (Lipinski definition) is 2. The summed E-state index contributed by atoms with van der Waals surface area (Å²) in [6.45, 7) is 1.98. The minimum absolute atomic E-state index is 0.0856. The van der Waals surface area contributed by atoms with E-state index in [4.69, 9.17) is 10.8 Å². The van der Waals surface area contributed by atoms with Gasteiger partial charge in [0.2, 0.25) is 0 Å². The van der Waals surface area contributed by atoms with Gasteiger partial charge in [-0.05, 0) is 42.2 Å². The third-order valence-electron chi connectivity index (χ3n) is 2.76. The molecule has 0 aliphatic heterocycles. The standard InChI is InChI=1S/C12H13NO2/c1-7-4-8-2-3-9(13)5-11(8)10(7)6-12(14)15/h2-3,5H,4,6,13H2,1H3,(H,14,15). The molecule has 3 nitrogen and oxygen atoms in total. The molecule has 0 saturated heterocycles. The summed E-state index contributed by atoms with van der Waals surface area (Å²) in [5.41, 5.74) is 10.6. The largest absolute Gasteiger partial charge is 0.481 e. The molecule has 0 radical (unpaired) electrons. The Morgan fingerprint density at radius 3 is 2.93 bits per heavy atom. The van der Waals surface area contributed by atoms with Gasteiger partial charge in [0, 0.05) is 5.69 Å². The van der Waals surface area contributed by atoms with Crippen molar-refractivity contribution in [3.63, 3.8) is 0 Å². The van der Waals surface area contributed by atoms with Crippen molar-refractivity contribution in [1.29, 1.82) is 0 Å². The highest BCUT2D eigenvalue weighted by Gasteiger charge is 2.20. The monoisotopic (exact) mass is 203 g/mol. The molecule has 0 spiro atoms. The average Bonchev–Trinajstić information content (AvgIpc) is 2.43.